The number of nitrogens with zero attached hydrogens (tertiary/aromatic N) is 4. The fourth-order valence-electron chi connectivity index (χ4n) is 8.58. The average Bonchev–Trinajstić information content (AvgIpc) is 2.84. The van der Waals surface area contributed by atoms with Gasteiger partial charge in [-0.15, -0.1) is 0 Å². The van der Waals surface area contributed by atoms with Crippen molar-refractivity contribution in [2.24, 2.45) is 16.2 Å². The number of rotatable bonds is 0. The van der Waals surface area contributed by atoms with E-state index in [1.54, 1.807) is 0 Å². The van der Waals surface area contributed by atoms with Gasteiger partial charge in [-0.1, -0.05) is 13.8 Å². The monoisotopic (exact) mass is 604 g/mol. The van der Waals surface area contributed by atoms with Gasteiger partial charge in [0.05, 0.1) is 0 Å². The SMILES string of the molecule is C.CC(C)(C)N1CC2(CCC2)C1.CC(C)(C)N1CCC2(CCNCC2)CC1.CN1CCC2(CC1)CCN(C(C)(C)C)CC2. The van der Waals surface area contributed by atoms with Gasteiger partial charge in [0.15, 0.2) is 0 Å². The fourth-order valence-corrected chi connectivity index (χ4v) is 8.58. The molecule has 5 nitrogen and oxygen atoms in total. The van der Waals surface area contributed by atoms with E-state index in [2.05, 4.69) is 94.3 Å². The Hall–Kier alpha value is -0.200. The first kappa shape index (κ1) is 37.3. The van der Waals surface area contributed by atoms with Crippen molar-refractivity contribution >= 4 is 0 Å². The molecule has 0 amide bonds. The van der Waals surface area contributed by atoms with Crippen molar-refractivity contribution in [2.75, 3.05) is 72.5 Å². The second-order valence-corrected chi connectivity index (χ2v) is 18.7. The second-order valence-electron chi connectivity index (χ2n) is 18.7. The van der Waals surface area contributed by atoms with Gasteiger partial charge in [0.2, 0.25) is 0 Å². The van der Waals surface area contributed by atoms with Gasteiger partial charge in [-0.3, -0.25) is 14.7 Å². The average molecular weight is 604 g/mol. The minimum absolute atomic E-state index is 0. The number of piperidine rings is 4. The zero-order valence-corrected chi connectivity index (χ0v) is 30.1. The van der Waals surface area contributed by atoms with Crippen molar-refractivity contribution in [3.8, 4) is 0 Å². The van der Waals surface area contributed by atoms with Crippen molar-refractivity contribution < 1.29 is 0 Å². The van der Waals surface area contributed by atoms with E-state index in [9.17, 15) is 0 Å². The van der Waals surface area contributed by atoms with Gasteiger partial charge in [-0.25, -0.2) is 0 Å². The van der Waals surface area contributed by atoms with Crippen molar-refractivity contribution in [1.82, 2.24) is 24.9 Å². The molecule has 5 heterocycles. The van der Waals surface area contributed by atoms with Gasteiger partial charge >= 0.3 is 0 Å². The highest BCUT2D eigenvalue weighted by Gasteiger charge is 2.50. The third-order valence-electron chi connectivity index (χ3n) is 12.7. The van der Waals surface area contributed by atoms with E-state index in [-0.39, 0.29) is 7.43 Å². The molecule has 6 aliphatic rings. The summed E-state index contributed by atoms with van der Waals surface area (Å²) in [6.07, 6.45) is 15.9. The lowest BCUT2D eigenvalue weighted by molar-refractivity contribution is -0.104. The Kier molecular flexibility index (Phi) is 12.4. The molecule has 0 unspecified atom stereocenters. The standard InChI is InChI=1S/C14H28N2.C13H26N2.C10H19N.CH4/c1-13(2,3)16-11-7-14(8-12-16)5-9-15(4)10-6-14;1-12(2,3)15-10-6-13(7-11-15)4-8-14-9-5-13;1-9(2,3)11-7-10(8-11)5-4-6-10;/h5-12H2,1-4H3;14H,4-11H2,1-3H3;4-8H2,1-3H3;1H4. The van der Waals surface area contributed by atoms with Crippen LogP contribution in [0.15, 0.2) is 0 Å². The number of hydrogen-bond acceptors (Lipinski definition) is 5. The summed E-state index contributed by atoms with van der Waals surface area (Å²) in [5.41, 5.74) is 3.36. The van der Waals surface area contributed by atoms with Crippen LogP contribution in [0.5, 0.6) is 0 Å². The Morgan fingerprint density at radius 1 is 0.442 bits per heavy atom. The largest absolute Gasteiger partial charge is 0.317 e. The summed E-state index contributed by atoms with van der Waals surface area (Å²) in [5.74, 6) is 0. The minimum Gasteiger partial charge on any atom is -0.317 e. The van der Waals surface area contributed by atoms with Crippen LogP contribution in [0, 0.1) is 16.2 Å². The second kappa shape index (κ2) is 14.3. The zero-order chi connectivity index (χ0) is 30.9. The quantitative estimate of drug-likeness (QED) is 0.305. The highest BCUT2D eigenvalue weighted by atomic mass is 15.3. The summed E-state index contributed by atoms with van der Waals surface area (Å²) in [6, 6.07) is 0. The molecular formula is C38H77N5. The molecule has 0 aromatic rings. The predicted molar refractivity (Wildman–Crippen MR) is 189 cm³/mol. The van der Waals surface area contributed by atoms with Gasteiger partial charge in [0.1, 0.15) is 0 Å². The first-order valence-electron chi connectivity index (χ1n) is 18.1. The highest BCUT2D eigenvalue weighted by molar-refractivity contribution is 5.03. The molecule has 5 aliphatic heterocycles. The Morgan fingerprint density at radius 3 is 1.12 bits per heavy atom. The van der Waals surface area contributed by atoms with Crippen molar-refractivity contribution in [3.05, 3.63) is 0 Å². The summed E-state index contributed by atoms with van der Waals surface area (Å²) >= 11 is 0. The van der Waals surface area contributed by atoms with Crippen LogP contribution in [0.2, 0.25) is 0 Å². The molecule has 43 heavy (non-hydrogen) atoms. The van der Waals surface area contributed by atoms with E-state index in [4.69, 9.17) is 0 Å². The van der Waals surface area contributed by atoms with Gasteiger partial charge in [-0.05, 0) is 202 Å². The number of likely N-dealkylation sites (tertiary alicyclic amines) is 4. The molecule has 6 rings (SSSR count). The summed E-state index contributed by atoms with van der Waals surface area (Å²) in [7, 11) is 2.26. The van der Waals surface area contributed by atoms with E-state index in [1.807, 2.05) is 0 Å². The van der Waals surface area contributed by atoms with E-state index >= 15 is 0 Å². The number of hydrogen-bond donors (Lipinski definition) is 1. The molecular weight excluding hydrogens is 526 g/mol. The highest BCUT2D eigenvalue weighted by Crippen LogP contribution is 2.50. The van der Waals surface area contributed by atoms with E-state index in [0.29, 0.717) is 27.4 Å². The molecule has 0 bridgehead atoms. The maximum Gasteiger partial charge on any atom is 0.0125 e. The molecule has 3 spiro atoms. The first-order chi connectivity index (χ1) is 19.5. The molecule has 6 fully saturated rings. The van der Waals surface area contributed by atoms with Crippen LogP contribution >= 0.6 is 0 Å². The lowest BCUT2D eigenvalue weighted by atomic mass is 9.62. The van der Waals surface area contributed by atoms with Crippen molar-refractivity contribution in [3.63, 3.8) is 0 Å². The van der Waals surface area contributed by atoms with E-state index in [0.717, 1.165) is 5.41 Å². The van der Waals surface area contributed by atoms with Crippen LogP contribution in [0.25, 0.3) is 0 Å². The lowest BCUT2D eigenvalue weighted by Crippen LogP contribution is -2.64. The third kappa shape index (κ3) is 9.90. The topological polar surface area (TPSA) is 25.0 Å². The molecule has 0 aromatic heterocycles. The lowest BCUT2D eigenvalue weighted by Gasteiger charge is -2.60. The molecule has 1 saturated carbocycles. The van der Waals surface area contributed by atoms with Crippen LogP contribution < -0.4 is 5.32 Å². The molecule has 5 saturated heterocycles. The van der Waals surface area contributed by atoms with Crippen LogP contribution in [0.4, 0.5) is 0 Å². The molecule has 0 atom stereocenters. The summed E-state index contributed by atoms with van der Waals surface area (Å²) in [4.78, 5) is 10.4. The summed E-state index contributed by atoms with van der Waals surface area (Å²) < 4.78 is 0. The molecule has 5 heteroatoms. The van der Waals surface area contributed by atoms with E-state index < -0.39 is 0 Å². The van der Waals surface area contributed by atoms with Gasteiger partial charge in [-0.2, -0.15) is 0 Å². The number of nitrogens with one attached hydrogen (secondary N) is 1. The molecule has 254 valence electrons. The molecule has 0 radical (unpaired) electrons. The Morgan fingerprint density at radius 2 is 0.791 bits per heavy atom. The van der Waals surface area contributed by atoms with Gasteiger partial charge in [0, 0.05) is 29.7 Å². The van der Waals surface area contributed by atoms with Crippen LogP contribution in [0.3, 0.4) is 0 Å². The predicted octanol–water partition coefficient (Wildman–Crippen LogP) is 7.75. The van der Waals surface area contributed by atoms with Crippen molar-refractivity contribution in [2.45, 2.75) is 157 Å². The first-order valence-corrected chi connectivity index (χ1v) is 18.1. The Labute approximate surface area is 270 Å². The maximum absolute atomic E-state index is 3.48. The summed E-state index contributed by atoms with van der Waals surface area (Å²) in [5, 5.41) is 3.48. The normalized spacial score (nSPS) is 28.0. The smallest absolute Gasteiger partial charge is 0.0125 e. The Bertz CT molecular complexity index is 800. The summed E-state index contributed by atoms with van der Waals surface area (Å²) in [6.45, 7) is 34.1. The maximum atomic E-state index is 3.48. The molecule has 1 N–H and O–H groups in total. The van der Waals surface area contributed by atoms with Crippen LogP contribution in [0.1, 0.15) is 140 Å². The molecule has 0 aromatic carbocycles. The van der Waals surface area contributed by atoms with Gasteiger partial charge in [0.25, 0.3) is 0 Å². The Balaban J connectivity index is 0.000000177. The molecule has 1 aliphatic carbocycles. The van der Waals surface area contributed by atoms with Gasteiger partial charge < -0.3 is 10.2 Å². The third-order valence-corrected chi connectivity index (χ3v) is 12.7. The van der Waals surface area contributed by atoms with Crippen LogP contribution in [-0.2, 0) is 0 Å². The minimum atomic E-state index is 0. The van der Waals surface area contributed by atoms with Crippen molar-refractivity contribution in [1.29, 1.82) is 0 Å². The van der Waals surface area contributed by atoms with Crippen LogP contribution in [-0.4, -0.2) is 109 Å². The van der Waals surface area contributed by atoms with E-state index in [1.165, 1.54) is 136 Å². The zero-order valence-electron chi connectivity index (χ0n) is 30.1. The fraction of sp³-hybridized carbons (Fsp3) is 1.00.